The van der Waals surface area contributed by atoms with Crippen LogP contribution in [0.15, 0.2) is 23.4 Å². The number of amides is 1. The summed E-state index contributed by atoms with van der Waals surface area (Å²) in [5.41, 5.74) is 10.2. The van der Waals surface area contributed by atoms with E-state index in [4.69, 9.17) is 11.5 Å². The number of nitrogens with two attached hydrogens (primary N) is 2. The van der Waals surface area contributed by atoms with Gasteiger partial charge in [-0.25, -0.2) is 18.1 Å². The number of hydrogen-bond acceptors (Lipinski definition) is 5. The van der Waals surface area contributed by atoms with E-state index in [0.29, 0.717) is 0 Å². The van der Waals surface area contributed by atoms with E-state index in [9.17, 15) is 13.2 Å². The fraction of sp³-hybridized carbons (Fsp3) is 0.143. The molecule has 0 fully saturated rings. The zero-order valence-electron chi connectivity index (χ0n) is 7.67. The zero-order valence-corrected chi connectivity index (χ0v) is 8.49. The molecule has 0 aliphatic heterocycles. The van der Waals surface area contributed by atoms with E-state index in [-0.39, 0.29) is 10.7 Å². The summed E-state index contributed by atoms with van der Waals surface area (Å²) in [6.45, 7) is -0.488. The number of sulfonamides is 1. The second kappa shape index (κ2) is 4.24. The van der Waals surface area contributed by atoms with E-state index in [2.05, 4.69) is 4.98 Å². The van der Waals surface area contributed by atoms with Crippen molar-refractivity contribution in [3.63, 3.8) is 0 Å². The second-order valence-electron chi connectivity index (χ2n) is 2.69. The van der Waals surface area contributed by atoms with Crippen LogP contribution in [0.4, 0.5) is 5.69 Å². The first-order chi connectivity index (χ1) is 6.93. The van der Waals surface area contributed by atoms with Crippen molar-refractivity contribution in [2.45, 2.75) is 5.03 Å². The molecule has 1 heterocycles. The molecular weight excluding hydrogens is 220 g/mol. The lowest BCUT2D eigenvalue weighted by Crippen LogP contribution is -2.34. The van der Waals surface area contributed by atoms with Crippen LogP contribution >= 0.6 is 0 Å². The number of carbonyl (C=O) groups is 1. The molecule has 0 saturated heterocycles. The Hall–Kier alpha value is -1.67. The first kappa shape index (κ1) is 11.4. The number of nitrogen functional groups attached to an aromatic ring is 1. The standard InChI is InChI=1S/C7H10N4O3S/c8-5-2-1-3-10-7(5)15(13,14)11-4-6(9)12/h1-3,11H,4,8H2,(H2,9,12). The molecule has 0 aromatic carbocycles. The van der Waals surface area contributed by atoms with Crippen LogP contribution in [-0.2, 0) is 14.8 Å². The predicted molar refractivity (Wildman–Crippen MR) is 53.0 cm³/mol. The minimum Gasteiger partial charge on any atom is -0.396 e. The number of aromatic nitrogens is 1. The summed E-state index contributed by atoms with van der Waals surface area (Å²) in [6.07, 6.45) is 1.29. The number of primary amides is 1. The molecule has 0 atom stereocenters. The third kappa shape index (κ3) is 2.89. The molecule has 0 aliphatic carbocycles. The molecule has 0 radical (unpaired) electrons. The zero-order chi connectivity index (χ0) is 11.5. The van der Waals surface area contributed by atoms with E-state index in [1.165, 1.54) is 18.3 Å². The van der Waals surface area contributed by atoms with Crippen LogP contribution in [0.25, 0.3) is 0 Å². The van der Waals surface area contributed by atoms with Crippen LogP contribution in [0.5, 0.6) is 0 Å². The van der Waals surface area contributed by atoms with Crippen LogP contribution in [0.2, 0.25) is 0 Å². The number of anilines is 1. The Kier molecular flexibility index (Phi) is 3.22. The average Bonchev–Trinajstić information content (AvgIpc) is 2.15. The molecule has 0 saturated carbocycles. The smallest absolute Gasteiger partial charge is 0.260 e. The van der Waals surface area contributed by atoms with Crippen LogP contribution < -0.4 is 16.2 Å². The van der Waals surface area contributed by atoms with E-state index in [1.807, 2.05) is 4.72 Å². The Morgan fingerprint density at radius 2 is 2.20 bits per heavy atom. The lowest BCUT2D eigenvalue weighted by atomic mass is 10.4. The Morgan fingerprint density at radius 3 is 2.73 bits per heavy atom. The van der Waals surface area contributed by atoms with Gasteiger partial charge in [-0.1, -0.05) is 0 Å². The van der Waals surface area contributed by atoms with Crippen molar-refractivity contribution in [1.82, 2.24) is 9.71 Å². The average molecular weight is 230 g/mol. The lowest BCUT2D eigenvalue weighted by molar-refractivity contribution is -0.116. The van der Waals surface area contributed by atoms with E-state index in [0.717, 1.165) is 0 Å². The van der Waals surface area contributed by atoms with Gasteiger partial charge in [0.25, 0.3) is 10.0 Å². The van der Waals surface area contributed by atoms with Gasteiger partial charge in [0, 0.05) is 6.20 Å². The summed E-state index contributed by atoms with van der Waals surface area (Å²) in [6, 6.07) is 2.90. The van der Waals surface area contributed by atoms with Gasteiger partial charge in [-0.15, -0.1) is 0 Å². The SMILES string of the molecule is NC(=O)CNS(=O)(=O)c1ncccc1N. The van der Waals surface area contributed by atoms with Gasteiger partial charge < -0.3 is 11.5 Å². The van der Waals surface area contributed by atoms with Gasteiger partial charge in [-0.05, 0) is 12.1 Å². The van der Waals surface area contributed by atoms with Gasteiger partial charge in [-0.3, -0.25) is 4.79 Å². The van der Waals surface area contributed by atoms with Crippen molar-refractivity contribution in [3.05, 3.63) is 18.3 Å². The number of pyridine rings is 1. The third-order valence-corrected chi connectivity index (χ3v) is 2.87. The summed E-state index contributed by atoms with van der Waals surface area (Å²) >= 11 is 0. The molecule has 1 aromatic heterocycles. The number of rotatable bonds is 4. The summed E-state index contributed by atoms with van der Waals surface area (Å²) in [7, 11) is -3.87. The van der Waals surface area contributed by atoms with Gasteiger partial charge in [0.2, 0.25) is 5.91 Å². The Bertz CT molecular complexity index is 471. The lowest BCUT2D eigenvalue weighted by Gasteiger charge is -2.05. The highest BCUT2D eigenvalue weighted by Crippen LogP contribution is 2.12. The maximum atomic E-state index is 11.5. The number of carbonyl (C=O) groups excluding carboxylic acids is 1. The fourth-order valence-corrected chi connectivity index (χ4v) is 1.91. The van der Waals surface area contributed by atoms with Gasteiger partial charge in [0.15, 0.2) is 5.03 Å². The highest BCUT2D eigenvalue weighted by molar-refractivity contribution is 7.89. The highest BCUT2D eigenvalue weighted by Gasteiger charge is 2.18. The molecular formula is C7H10N4O3S. The Balaban J connectivity index is 2.97. The number of nitrogens with one attached hydrogen (secondary N) is 1. The first-order valence-electron chi connectivity index (χ1n) is 3.92. The Labute approximate surface area is 86.5 Å². The van der Waals surface area contributed by atoms with Gasteiger partial charge in [-0.2, -0.15) is 0 Å². The van der Waals surface area contributed by atoms with Crippen LogP contribution in [0.3, 0.4) is 0 Å². The van der Waals surface area contributed by atoms with Crippen molar-refractivity contribution in [2.75, 3.05) is 12.3 Å². The minimum absolute atomic E-state index is 0.00877. The van der Waals surface area contributed by atoms with E-state index < -0.39 is 22.5 Å². The van der Waals surface area contributed by atoms with Gasteiger partial charge >= 0.3 is 0 Å². The molecule has 0 spiro atoms. The van der Waals surface area contributed by atoms with E-state index in [1.54, 1.807) is 0 Å². The number of hydrogen-bond donors (Lipinski definition) is 3. The van der Waals surface area contributed by atoms with Crippen LogP contribution in [0, 0.1) is 0 Å². The molecule has 82 valence electrons. The van der Waals surface area contributed by atoms with Crippen molar-refractivity contribution < 1.29 is 13.2 Å². The van der Waals surface area contributed by atoms with Crippen molar-refractivity contribution in [1.29, 1.82) is 0 Å². The minimum atomic E-state index is -3.87. The number of nitrogens with zero attached hydrogens (tertiary/aromatic N) is 1. The molecule has 1 amide bonds. The quantitative estimate of drug-likeness (QED) is 0.575. The summed E-state index contributed by atoms with van der Waals surface area (Å²) in [5, 5.41) is -0.314. The largest absolute Gasteiger partial charge is 0.396 e. The highest BCUT2D eigenvalue weighted by atomic mass is 32.2. The Morgan fingerprint density at radius 1 is 1.53 bits per heavy atom. The fourth-order valence-electron chi connectivity index (χ4n) is 0.862. The predicted octanol–water partition coefficient (Wildman–Crippen LogP) is -1.57. The normalized spacial score (nSPS) is 11.2. The second-order valence-corrected chi connectivity index (χ2v) is 4.37. The van der Waals surface area contributed by atoms with Crippen LogP contribution in [-0.4, -0.2) is 25.9 Å². The monoisotopic (exact) mass is 230 g/mol. The summed E-state index contributed by atoms with van der Waals surface area (Å²) in [5.74, 6) is -0.784. The van der Waals surface area contributed by atoms with Crippen molar-refractivity contribution in [2.24, 2.45) is 5.73 Å². The van der Waals surface area contributed by atoms with Crippen molar-refractivity contribution >= 4 is 21.6 Å². The van der Waals surface area contributed by atoms with Crippen molar-refractivity contribution in [3.8, 4) is 0 Å². The molecule has 0 aliphatic rings. The molecule has 15 heavy (non-hydrogen) atoms. The van der Waals surface area contributed by atoms with Crippen LogP contribution in [0.1, 0.15) is 0 Å². The topological polar surface area (TPSA) is 128 Å². The molecule has 0 bridgehead atoms. The molecule has 7 nitrogen and oxygen atoms in total. The van der Waals surface area contributed by atoms with Gasteiger partial charge in [0.05, 0.1) is 12.2 Å². The molecule has 8 heteroatoms. The maximum absolute atomic E-state index is 11.5. The molecule has 1 aromatic rings. The molecule has 5 N–H and O–H groups in total. The van der Waals surface area contributed by atoms with Gasteiger partial charge in [0.1, 0.15) is 0 Å². The summed E-state index contributed by atoms with van der Waals surface area (Å²) in [4.78, 5) is 14.0. The maximum Gasteiger partial charge on any atom is 0.260 e. The third-order valence-electron chi connectivity index (χ3n) is 1.49. The van der Waals surface area contributed by atoms with E-state index >= 15 is 0 Å². The molecule has 1 rings (SSSR count). The summed E-state index contributed by atoms with van der Waals surface area (Å²) < 4.78 is 25.0. The molecule has 0 unspecified atom stereocenters. The first-order valence-corrected chi connectivity index (χ1v) is 5.40.